The molecule has 0 N–H and O–H groups in total. The first kappa shape index (κ1) is 12.4. The zero-order chi connectivity index (χ0) is 13.3. The van der Waals surface area contributed by atoms with Crippen molar-refractivity contribution in [2.24, 2.45) is 5.41 Å². The van der Waals surface area contributed by atoms with Crippen molar-refractivity contribution >= 4 is 11.6 Å². The zero-order valence-electron chi connectivity index (χ0n) is 10.9. The first-order valence-corrected chi connectivity index (χ1v) is 5.86. The number of amides is 1. The van der Waals surface area contributed by atoms with Crippen molar-refractivity contribution in [3.63, 3.8) is 0 Å². The lowest BCUT2D eigenvalue weighted by molar-refractivity contribution is -0.120. The highest BCUT2D eigenvalue weighted by atomic mass is 16.5. The summed E-state index contributed by atoms with van der Waals surface area (Å²) in [6, 6.07) is 8.01. The van der Waals surface area contributed by atoms with E-state index in [9.17, 15) is 4.79 Å². The summed E-state index contributed by atoms with van der Waals surface area (Å²) in [6.45, 7) is 3.89. The van der Waals surface area contributed by atoms with Gasteiger partial charge in [-0.25, -0.2) is 0 Å². The molecule has 0 bridgehead atoms. The lowest BCUT2D eigenvalue weighted by Crippen LogP contribution is -2.35. The van der Waals surface area contributed by atoms with Crippen LogP contribution in [-0.2, 0) is 11.2 Å². The highest BCUT2D eigenvalue weighted by Gasteiger charge is 2.24. The Kier molecular flexibility index (Phi) is 3.00. The third-order valence-corrected chi connectivity index (χ3v) is 3.06. The molecule has 4 heteroatoms. The molecule has 1 aliphatic rings. The Morgan fingerprint density at radius 3 is 2.89 bits per heavy atom. The second-order valence-corrected chi connectivity index (χ2v) is 5.22. The molecule has 0 atom stereocenters. The number of ether oxygens (including phenoxy) is 1. The van der Waals surface area contributed by atoms with Gasteiger partial charge in [-0.15, -0.1) is 0 Å². The highest BCUT2D eigenvalue weighted by Crippen LogP contribution is 2.33. The minimum absolute atomic E-state index is 0.0563. The Morgan fingerprint density at radius 1 is 1.50 bits per heavy atom. The van der Waals surface area contributed by atoms with Gasteiger partial charge >= 0.3 is 0 Å². The zero-order valence-corrected chi connectivity index (χ0v) is 10.9. The van der Waals surface area contributed by atoms with Crippen LogP contribution in [0.5, 0.6) is 5.75 Å². The first-order chi connectivity index (χ1) is 8.43. The topological polar surface area (TPSA) is 53.3 Å². The maximum atomic E-state index is 11.6. The van der Waals surface area contributed by atoms with Crippen LogP contribution in [-0.4, -0.2) is 19.6 Å². The van der Waals surface area contributed by atoms with Gasteiger partial charge in [-0.2, -0.15) is 5.26 Å². The van der Waals surface area contributed by atoms with Crippen LogP contribution in [0.25, 0.3) is 0 Å². The van der Waals surface area contributed by atoms with Crippen LogP contribution in [0.2, 0.25) is 0 Å². The predicted molar refractivity (Wildman–Crippen MR) is 68.4 cm³/mol. The summed E-state index contributed by atoms with van der Waals surface area (Å²) in [5, 5.41) is 9.05. The average molecular weight is 244 g/mol. The predicted octanol–water partition coefficient (Wildman–Crippen LogP) is 2.13. The number of rotatable bonds is 2. The molecule has 0 saturated carbocycles. The van der Waals surface area contributed by atoms with E-state index in [0.717, 1.165) is 17.0 Å². The van der Waals surface area contributed by atoms with Gasteiger partial charge in [0.15, 0.2) is 6.61 Å². The Hall–Kier alpha value is -2.02. The molecule has 0 fully saturated rings. The van der Waals surface area contributed by atoms with Gasteiger partial charge in [-0.3, -0.25) is 4.79 Å². The van der Waals surface area contributed by atoms with E-state index >= 15 is 0 Å². The Morgan fingerprint density at radius 2 is 2.22 bits per heavy atom. The molecule has 0 spiro atoms. The summed E-state index contributed by atoms with van der Waals surface area (Å²) in [4.78, 5) is 13.2. The molecule has 1 aliphatic heterocycles. The lowest BCUT2D eigenvalue weighted by atomic mass is 9.87. The third kappa shape index (κ3) is 2.30. The average Bonchev–Trinajstić information content (AvgIpc) is 2.34. The minimum atomic E-state index is -0.410. The second-order valence-electron chi connectivity index (χ2n) is 5.22. The molecule has 18 heavy (non-hydrogen) atoms. The van der Waals surface area contributed by atoms with E-state index < -0.39 is 5.41 Å². The molecule has 0 aromatic heterocycles. The quantitative estimate of drug-likeness (QED) is 0.800. The molecule has 0 aliphatic carbocycles. The van der Waals surface area contributed by atoms with Gasteiger partial charge in [0.05, 0.1) is 17.2 Å². The fraction of sp³-hybridized carbons (Fsp3) is 0.429. The van der Waals surface area contributed by atoms with Crippen LogP contribution in [0.4, 0.5) is 5.69 Å². The monoisotopic (exact) mass is 244 g/mol. The molecule has 1 heterocycles. The van der Waals surface area contributed by atoms with Crippen molar-refractivity contribution in [3.05, 3.63) is 23.8 Å². The van der Waals surface area contributed by atoms with Crippen molar-refractivity contribution in [2.45, 2.75) is 20.3 Å². The van der Waals surface area contributed by atoms with E-state index in [2.05, 4.69) is 6.07 Å². The number of nitrogens with zero attached hydrogens (tertiary/aromatic N) is 2. The third-order valence-electron chi connectivity index (χ3n) is 3.06. The fourth-order valence-electron chi connectivity index (χ4n) is 1.98. The molecule has 0 saturated heterocycles. The molecular formula is C14H16N2O2. The van der Waals surface area contributed by atoms with Crippen molar-refractivity contribution in [2.75, 3.05) is 18.6 Å². The number of hydrogen-bond acceptors (Lipinski definition) is 3. The number of fused-ring (bicyclic) bond motifs is 1. The number of hydrogen-bond donors (Lipinski definition) is 0. The highest BCUT2D eigenvalue weighted by molar-refractivity contribution is 5.97. The molecule has 4 nitrogen and oxygen atoms in total. The van der Waals surface area contributed by atoms with Gasteiger partial charge in [0.1, 0.15) is 5.75 Å². The Bertz CT molecular complexity index is 529. The molecule has 1 amide bonds. The molecule has 0 radical (unpaired) electrons. The summed E-state index contributed by atoms with van der Waals surface area (Å²) in [5.41, 5.74) is 1.40. The van der Waals surface area contributed by atoms with Crippen molar-refractivity contribution in [3.8, 4) is 11.8 Å². The van der Waals surface area contributed by atoms with E-state index in [-0.39, 0.29) is 12.5 Å². The maximum absolute atomic E-state index is 11.6. The molecule has 94 valence electrons. The Balaban J connectivity index is 2.32. The first-order valence-electron chi connectivity index (χ1n) is 5.86. The number of benzene rings is 1. The SMILES string of the molecule is CN1C(=O)COc2ccc(CC(C)(C)C#N)cc21. The number of carbonyl (C=O) groups is 1. The fourth-order valence-corrected chi connectivity index (χ4v) is 1.98. The minimum Gasteiger partial charge on any atom is -0.482 e. The van der Waals surface area contributed by atoms with E-state index in [0.29, 0.717) is 6.42 Å². The standard InChI is InChI=1S/C14H16N2O2/c1-14(2,9-15)7-10-4-5-12-11(6-10)16(3)13(17)8-18-12/h4-6H,7-8H2,1-3H3. The smallest absolute Gasteiger partial charge is 0.264 e. The summed E-state index contributed by atoms with van der Waals surface area (Å²) < 4.78 is 5.36. The second kappa shape index (κ2) is 4.34. The van der Waals surface area contributed by atoms with Crippen molar-refractivity contribution < 1.29 is 9.53 Å². The number of likely N-dealkylation sites (N-methyl/N-ethyl adjacent to an activating group) is 1. The largest absolute Gasteiger partial charge is 0.482 e. The number of anilines is 1. The normalized spacial score (nSPS) is 14.8. The van der Waals surface area contributed by atoms with Crippen LogP contribution < -0.4 is 9.64 Å². The summed E-state index contributed by atoms with van der Waals surface area (Å²) in [6.07, 6.45) is 0.652. The van der Waals surface area contributed by atoms with Crippen LogP contribution in [0.3, 0.4) is 0 Å². The molecule has 1 aromatic carbocycles. The van der Waals surface area contributed by atoms with Gasteiger partial charge in [-0.05, 0) is 38.0 Å². The number of nitriles is 1. The van der Waals surface area contributed by atoms with Crippen LogP contribution in [0.15, 0.2) is 18.2 Å². The van der Waals surface area contributed by atoms with Gasteiger partial charge in [0.2, 0.25) is 0 Å². The molecule has 2 rings (SSSR count). The van der Waals surface area contributed by atoms with Gasteiger partial charge in [0.25, 0.3) is 5.91 Å². The van der Waals surface area contributed by atoms with Crippen molar-refractivity contribution in [1.29, 1.82) is 5.26 Å². The maximum Gasteiger partial charge on any atom is 0.264 e. The van der Waals surface area contributed by atoms with Crippen molar-refractivity contribution in [1.82, 2.24) is 0 Å². The van der Waals surface area contributed by atoms with E-state index in [1.54, 1.807) is 11.9 Å². The van der Waals surface area contributed by atoms with E-state index in [4.69, 9.17) is 10.00 Å². The summed E-state index contributed by atoms with van der Waals surface area (Å²) in [5.74, 6) is 0.662. The van der Waals surface area contributed by atoms with Gasteiger partial charge in [-0.1, -0.05) is 6.07 Å². The lowest BCUT2D eigenvalue weighted by Gasteiger charge is -2.27. The van der Waals surface area contributed by atoms with E-state index in [1.165, 1.54) is 0 Å². The van der Waals surface area contributed by atoms with E-state index in [1.807, 2.05) is 32.0 Å². The van der Waals surface area contributed by atoms with Crippen LogP contribution in [0, 0.1) is 16.7 Å². The van der Waals surface area contributed by atoms with Gasteiger partial charge in [0, 0.05) is 7.05 Å². The molecule has 1 aromatic rings. The van der Waals surface area contributed by atoms with Gasteiger partial charge < -0.3 is 9.64 Å². The van der Waals surface area contributed by atoms with Crippen LogP contribution in [0.1, 0.15) is 19.4 Å². The molecule has 0 unspecified atom stereocenters. The number of carbonyl (C=O) groups excluding carboxylic acids is 1. The summed E-state index contributed by atoms with van der Waals surface area (Å²) in [7, 11) is 1.74. The summed E-state index contributed by atoms with van der Waals surface area (Å²) >= 11 is 0. The van der Waals surface area contributed by atoms with Crippen LogP contribution >= 0.6 is 0 Å². The molecular weight excluding hydrogens is 228 g/mol. The Labute approximate surface area is 107 Å².